The summed E-state index contributed by atoms with van der Waals surface area (Å²) < 4.78 is 18.5. The predicted octanol–water partition coefficient (Wildman–Crippen LogP) is 2.96. The minimum atomic E-state index is -0.444. The average Bonchev–Trinajstić information content (AvgIpc) is 2.78. The Hall–Kier alpha value is -2.04. The minimum absolute atomic E-state index is 0.0265. The molecule has 0 atom stereocenters. The Labute approximate surface area is 117 Å². The molecule has 0 saturated heterocycles. The summed E-state index contributed by atoms with van der Waals surface area (Å²) in [7, 11) is 0. The van der Waals surface area contributed by atoms with Crippen molar-refractivity contribution in [1.29, 1.82) is 0 Å². The van der Waals surface area contributed by atoms with Crippen LogP contribution in [0.15, 0.2) is 28.8 Å². The van der Waals surface area contributed by atoms with E-state index >= 15 is 0 Å². The van der Waals surface area contributed by atoms with Crippen LogP contribution in [0.1, 0.15) is 38.0 Å². The highest BCUT2D eigenvalue weighted by atomic mass is 19.1. The average molecular weight is 276 g/mol. The van der Waals surface area contributed by atoms with Crippen molar-refractivity contribution in [3.8, 4) is 0 Å². The maximum Gasteiger partial charge on any atom is 0.234 e. The fourth-order valence-electron chi connectivity index (χ4n) is 1.65. The molecule has 2 rings (SSSR count). The summed E-state index contributed by atoms with van der Waals surface area (Å²) in [5, 5.41) is 3.78. The highest BCUT2D eigenvalue weighted by Crippen LogP contribution is 2.17. The summed E-state index contributed by atoms with van der Waals surface area (Å²) in [6.07, 6.45) is 0.355. The van der Waals surface area contributed by atoms with Crippen molar-refractivity contribution in [1.82, 2.24) is 10.1 Å². The summed E-state index contributed by atoms with van der Waals surface area (Å²) >= 11 is 0. The molecule has 106 valence electrons. The third kappa shape index (κ3) is 3.50. The van der Waals surface area contributed by atoms with Gasteiger partial charge < -0.3 is 4.52 Å². The quantitative estimate of drug-likeness (QED) is 0.861. The summed E-state index contributed by atoms with van der Waals surface area (Å²) in [4.78, 5) is 16.0. The van der Waals surface area contributed by atoms with Crippen LogP contribution in [0.25, 0.3) is 0 Å². The molecular formula is C15H17FN2O2. The van der Waals surface area contributed by atoms with Crippen molar-refractivity contribution in [2.24, 2.45) is 5.41 Å². The van der Waals surface area contributed by atoms with E-state index in [9.17, 15) is 9.18 Å². The summed E-state index contributed by atoms with van der Waals surface area (Å²) in [5.74, 6) is 0.381. The second-order valence-electron chi connectivity index (χ2n) is 5.72. The minimum Gasteiger partial charge on any atom is -0.339 e. The number of carbonyl (C=O) groups is 1. The zero-order chi connectivity index (χ0) is 14.8. The molecule has 5 heteroatoms. The van der Waals surface area contributed by atoms with E-state index < -0.39 is 5.41 Å². The number of aromatic nitrogens is 2. The molecule has 2 aromatic rings. The van der Waals surface area contributed by atoms with Gasteiger partial charge in [0, 0.05) is 11.8 Å². The number of nitrogens with zero attached hydrogens (tertiary/aromatic N) is 2. The van der Waals surface area contributed by atoms with Gasteiger partial charge in [-0.3, -0.25) is 4.79 Å². The lowest BCUT2D eigenvalue weighted by atomic mass is 9.89. The van der Waals surface area contributed by atoms with E-state index in [1.807, 2.05) is 20.8 Å². The Balaban J connectivity index is 2.07. The third-order valence-electron chi connectivity index (χ3n) is 2.96. The number of Topliss-reactive ketones (excluding diaryl/α,β-unsaturated/α-hetero) is 1. The van der Waals surface area contributed by atoms with E-state index in [-0.39, 0.29) is 30.3 Å². The topological polar surface area (TPSA) is 56.0 Å². The fraction of sp³-hybridized carbons (Fsp3) is 0.400. The van der Waals surface area contributed by atoms with Crippen LogP contribution in [-0.4, -0.2) is 15.9 Å². The maximum atomic E-state index is 13.5. The number of ketones is 1. The van der Waals surface area contributed by atoms with Crippen LogP contribution in [0.5, 0.6) is 0 Å². The van der Waals surface area contributed by atoms with Crippen LogP contribution in [0.3, 0.4) is 0 Å². The third-order valence-corrected chi connectivity index (χ3v) is 2.96. The molecule has 0 aliphatic rings. The molecule has 0 radical (unpaired) electrons. The lowest BCUT2D eigenvalue weighted by Gasteiger charge is -2.14. The van der Waals surface area contributed by atoms with Gasteiger partial charge in [-0.1, -0.05) is 44.1 Å². The number of benzene rings is 1. The first-order valence-corrected chi connectivity index (χ1v) is 6.44. The Morgan fingerprint density at radius 1 is 1.30 bits per heavy atom. The maximum absolute atomic E-state index is 13.5. The van der Waals surface area contributed by atoms with Gasteiger partial charge in [-0.05, 0) is 11.6 Å². The van der Waals surface area contributed by atoms with Gasteiger partial charge in [0.1, 0.15) is 11.6 Å². The predicted molar refractivity (Wildman–Crippen MR) is 71.7 cm³/mol. The van der Waals surface area contributed by atoms with Crippen molar-refractivity contribution >= 4 is 5.78 Å². The second kappa shape index (κ2) is 5.53. The molecule has 0 aliphatic carbocycles. The zero-order valence-electron chi connectivity index (χ0n) is 11.8. The largest absolute Gasteiger partial charge is 0.339 e. The monoisotopic (exact) mass is 276 g/mol. The molecule has 0 N–H and O–H groups in total. The van der Waals surface area contributed by atoms with E-state index in [0.29, 0.717) is 11.4 Å². The number of hydrogen-bond acceptors (Lipinski definition) is 4. The van der Waals surface area contributed by atoms with Crippen LogP contribution in [-0.2, 0) is 17.6 Å². The number of carbonyl (C=O) groups excluding carboxylic acids is 1. The normalized spacial score (nSPS) is 11.6. The fourth-order valence-corrected chi connectivity index (χ4v) is 1.65. The number of rotatable bonds is 4. The molecule has 1 heterocycles. The lowest BCUT2D eigenvalue weighted by Crippen LogP contribution is -2.22. The molecule has 0 aliphatic heterocycles. The van der Waals surface area contributed by atoms with E-state index in [4.69, 9.17) is 4.52 Å². The summed E-state index contributed by atoms with van der Waals surface area (Å²) in [5.41, 5.74) is 0.0576. The SMILES string of the molecule is CC(C)(C)C(=O)Cc1nc(Cc2ccccc2F)no1. The molecule has 4 nitrogen and oxygen atoms in total. The summed E-state index contributed by atoms with van der Waals surface area (Å²) in [6.45, 7) is 5.52. The van der Waals surface area contributed by atoms with Crippen LogP contribution >= 0.6 is 0 Å². The van der Waals surface area contributed by atoms with Gasteiger partial charge in [-0.2, -0.15) is 4.98 Å². The van der Waals surface area contributed by atoms with Gasteiger partial charge in [0.05, 0.1) is 6.42 Å². The molecular weight excluding hydrogens is 259 g/mol. The van der Waals surface area contributed by atoms with Crippen LogP contribution in [0.4, 0.5) is 4.39 Å². The lowest BCUT2D eigenvalue weighted by molar-refractivity contribution is -0.125. The van der Waals surface area contributed by atoms with E-state index in [2.05, 4.69) is 10.1 Å². The molecule has 1 aromatic heterocycles. The van der Waals surface area contributed by atoms with Crippen LogP contribution < -0.4 is 0 Å². The van der Waals surface area contributed by atoms with Gasteiger partial charge in [0.2, 0.25) is 5.89 Å². The summed E-state index contributed by atoms with van der Waals surface area (Å²) in [6, 6.07) is 6.44. The Bertz CT molecular complexity index is 614. The van der Waals surface area contributed by atoms with Crippen LogP contribution in [0.2, 0.25) is 0 Å². The first-order chi connectivity index (χ1) is 9.36. The number of hydrogen-bond donors (Lipinski definition) is 0. The first-order valence-electron chi connectivity index (χ1n) is 6.44. The number of halogens is 1. The van der Waals surface area contributed by atoms with Gasteiger partial charge >= 0.3 is 0 Å². The molecule has 0 unspecified atom stereocenters. The van der Waals surface area contributed by atoms with Crippen molar-refractivity contribution in [3.05, 3.63) is 47.4 Å². The Kier molecular flexibility index (Phi) is 3.97. The molecule has 0 spiro atoms. The van der Waals surface area contributed by atoms with E-state index in [0.717, 1.165) is 0 Å². The van der Waals surface area contributed by atoms with Gasteiger partial charge in [0.15, 0.2) is 5.82 Å². The zero-order valence-corrected chi connectivity index (χ0v) is 11.8. The molecule has 0 saturated carbocycles. The van der Waals surface area contributed by atoms with Crippen molar-refractivity contribution in [2.45, 2.75) is 33.6 Å². The highest BCUT2D eigenvalue weighted by molar-refractivity contribution is 5.84. The molecule has 1 aromatic carbocycles. The molecule has 20 heavy (non-hydrogen) atoms. The molecule has 0 fully saturated rings. The Morgan fingerprint density at radius 2 is 2.00 bits per heavy atom. The van der Waals surface area contributed by atoms with Crippen molar-refractivity contribution < 1.29 is 13.7 Å². The van der Waals surface area contributed by atoms with Gasteiger partial charge in [0.25, 0.3) is 0 Å². The van der Waals surface area contributed by atoms with E-state index in [1.54, 1.807) is 18.2 Å². The second-order valence-corrected chi connectivity index (χ2v) is 5.72. The molecule has 0 amide bonds. The van der Waals surface area contributed by atoms with Crippen molar-refractivity contribution in [3.63, 3.8) is 0 Å². The first kappa shape index (κ1) is 14.4. The smallest absolute Gasteiger partial charge is 0.234 e. The van der Waals surface area contributed by atoms with Crippen molar-refractivity contribution in [2.75, 3.05) is 0 Å². The standard InChI is InChI=1S/C15H17FN2O2/c1-15(2,3)12(19)9-14-17-13(18-20-14)8-10-6-4-5-7-11(10)16/h4-7H,8-9H2,1-3H3. The van der Waals surface area contributed by atoms with Gasteiger partial charge in [-0.25, -0.2) is 4.39 Å². The van der Waals surface area contributed by atoms with E-state index in [1.165, 1.54) is 6.07 Å². The van der Waals surface area contributed by atoms with Crippen LogP contribution in [0, 0.1) is 11.2 Å². The Morgan fingerprint density at radius 3 is 2.65 bits per heavy atom. The van der Waals surface area contributed by atoms with Gasteiger partial charge in [-0.15, -0.1) is 0 Å². The molecule has 0 bridgehead atoms. The highest BCUT2D eigenvalue weighted by Gasteiger charge is 2.23.